The van der Waals surface area contributed by atoms with Crippen LogP contribution in [0.25, 0.3) is 5.57 Å². The zero-order chi connectivity index (χ0) is 21.7. The molecule has 2 aromatic rings. The van der Waals surface area contributed by atoms with Gasteiger partial charge in [0, 0.05) is 17.5 Å². The fourth-order valence-corrected chi connectivity index (χ4v) is 3.80. The van der Waals surface area contributed by atoms with Crippen molar-refractivity contribution in [2.24, 2.45) is 5.92 Å². The standard InChI is InChI=1S/C24H26O6/c1-5-30-24(26)23-20(15-6-8-17(27-2)9-7-15)12-16(13-21(23)25)19-11-10-18(28-3)14-22(19)29-4/h6-11,13-14,20,23H,5,12H2,1-4H3/t20-,23+/m1/s1. The van der Waals surface area contributed by atoms with Crippen LogP contribution in [-0.2, 0) is 14.3 Å². The molecular formula is C24H26O6. The van der Waals surface area contributed by atoms with E-state index >= 15 is 0 Å². The number of allylic oxidation sites excluding steroid dienone is 2. The minimum atomic E-state index is -0.883. The Labute approximate surface area is 176 Å². The van der Waals surface area contributed by atoms with E-state index in [1.807, 2.05) is 36.4 Å². The molecule has 0 saturated heterocycles. The number of ether oxygens (including phenoxy) is 4. The van der Waals surface area contributed by atoms with E-state index in [0.29, 0.717) is 23.7 Å². The Hall–Kier alpha value is -3.28. The van der Waals surface area contributed by atoms with Crippen LogP contribution < -0.4 is 14.2 Å². The van der Waals surface area contributed by atoms with Gasteiger partial charge >= 0.3 is 5.97 Å². The quantitative estimate of drug-likeness (QED) is 0.507. The molecule has 6 nitrogen and oxygen atoms in total. The van der Waals surface area contributed by atoms with Crippen molar-refractivity contribution in [3.05, 3.63) is 59.7 Å². The summed E-state index contributed by atoms with van der Waals surface area (Å²) in [6.07, 6.45) is 2.02. The molecule has 0 amide bonds. The van der Waals surface area contributed by atoms with Gasteiger partial charge in [-0.05, 0) is 54.8 Å². The van der Waals surface area contributed by atoms with Crippen LogP contribution in [0.15, 0.2) is 48.5 Å². The molecule has 158 valence electrons. The first-order chi connectivity index (χ1) is 14.5. The predicted octanol–water partition coefficient (Wildman–Crippen LogP) is 4.03. The van der Waals surface area contributed by atoms with Gasteiger partial charge in [-0.15, -0.1) is 0 Å². The fraction of sp³-hybridized carbons (Fsp3) is 0.333. The number of ketones is 1. The third-order valence-electron chi connectivity index (χ3n) is 5.30. The summed E-state index contributed by atoms with van der Waals surface area (Å²) in [7, 11) is 4.75. The average molecular weight is 410 g/mol. The lowest BCUT2D eigenvalue weighted by molar-refractivity contribution is -0.151. The van der Waals surface area contributed by atoms with Crippen molar-refractivity contribution in [3.63, 3.8) is 0 Å². The van der Waals surface area contributed by atoms with E-state index in [2.05, 4.69) is 0 Å². The number of benzene rings is 2. The van der Waals surface area contributed by atoms with Crippen LogP contribution in [0.3, 0.4) is 0 Å². The Balaban J connectivity index is 2.04. The van der Waals surface area contributed by atoms with Gasteiger partial charge in [0.05, 0.1) is 27.9 Å². The Morgan fingerprint density at radius 1 is 0.967 bits per heavy atom. The van der Waals surface area contributed by atoms with Crippen LogP contribution >= 0.6 is 0 Å². The lowest BCUT2D eigenvalue weighted by Gasteiger charge is -2.30. The van der Waals surface area contributed by atoms with Gasteiger partial charge in [-0.1, -0.05) is 12.1 Å². The van der Waals surface area contributed by atoms with Gasteiger partial charge in [0.25, 0.3) is 0 Å². The first-order valence-electron chi connectivity index (χ1n) is 9.79. The van der Waals surface area contributed by atoms with Crippen molar-refractivity contribution >= 4 is 17.3 Å². The van der Waals surface area contributed by atoms with E-state index in [0.717, 1.165) is 16.7 Å². The van der Waals surface area contributed by atoms with Crippen LogP contribution in [0, 0.1) is 5.92 Å². The lowest BCUT2D eigenvalue weighted by atomic mass is 9.73. The third kappa shape index (κ3) is 4.32. The Morgan fingerprint density at radius 3 is 2.23 bits per heavy atom. The van der Waals surface area contributed by atoms with E-state index in [1.54, 1.807) is 34.3 Å². The molecule has 0 unspecified atom stereocenters. The molecule has 0 fully saturated rings. The molecule has 0 bridgehead atoms. The second kappa shape index (κ2) is 9.48. The number of esters is 1. The third-order valence-corrected chi connectivity index (χ3v) is 5.30. The van der Waals surface area contributed by atoms with Crippen molar-refractivity contribution in [2.45, 2.75) is 19.3 Å². The number of hydrogen-bond donors (Lipinski definition) is 0. The van der Waals surface area contributed by atoms with Gasteiger partial charge < -0.3 is 18.9 Å². The SMILES string of the molecule is CCOC(=O)[C@@H]1C(=O)C=C(c2ccc(OC)cc2OC)C[C@@H]1c1ccc(OC)cc1. The molecule has 0 radical (unpaired) electrons. The lowest BCUT2D eigenvalue weighted by Crippen LogP contribution is -2.34. The van der Waals surface area contributed by atoms with Crippen molar-refractivity contribution in [3.8, 4) is 17.2 Å². The topological polar surface area (TPSA) is 71.1 Å². The molecular weight excluding hydrogens is 384 g/mol. The molecule has 2 aromatic carbocycles. The minimum Gasteiger partial charge on any atom is -0.497 e. The first kappa shape index (κ1) is 21.4. The first-order valence-corrected chi connectivity index (χ1v) is 9.79. The van der Waals surface area contributed by atoms with E-state index in [9.17, 15) is 9.59 Å². The molecule has 6 heteroatoms. The monoisotopic (exact) mass is 410 g/mol. The molecule has 1 aliphatic carbocycles. The molecule has 1 aliphatic rings. The molecule has 0 saturated carbocycles. The minimum absolute atomic E-state index is 0.223. The highest BCUT2D eigenvalue weighted by Crippen LogP contribution is 2.43. The zero-order valence-corrected chi connectivity index (χ0v) is 17.6. The number of carbonyl (C=O) groups is 2. The maximum Gasteiger partial charge on any atom is 0.317 e. The molecule has 3 rings (SSSR count). The van der Waals surface area contributed by atoms with Crippen molar-refractivity contribution < 1.29 is 28.5 Å². The normalized spacial score (nSPS) is 18.4. The number of carbonyl (C=O) groups excluding carboxylic acids is 2. The van der Waals surface area contributed by atoms with Gasteiger partial charge in [0.1, 0.15) is 23.2 Å². The number of hydrogen-bond acceptors (Lipinski definition) is 6. The van der Waals surface area contributed by atoms with Crippen LogP contribution in [0.1, 0.15) is 30.4 Å². The van der Waals surface area contributed by atoms with Crippen LogP contribution in [0.5, 0.6) is 17.2 Å². The highest BCUT2D eigenvalue weighted by Gasteiger charge is 2.40. The highest BCUT2D eigenvalue weighted by molar-refractivity contribution is 6.11. The zero-order valence-electron chi connectivity index (χ0n) is 17.6. The van der Waals surface area contributed by atoms with Gasteiger partial charge in [-0.25, -0.2) is 0 Å². The van der Waals surface area contributed by atoms with E-state index < -0.39 is 11.9 Å². The molecule has 0 spiro atoms. The van der Waals surface area contributed by atoms with Crippen LogP contribution in [0.4, 0.5) is 0 Å². The van der Waals surface area contributed by atoms with E-state index in [-0.39, 0.29) is 18.3 Å². The summed E-state index contributed by atoms with van der Waals surface area (Å²) in [6.45, 7) is 1.96. The van der Waals surface area contributed by atoms with Gasteiger partial charge in [-0.3, -0.25) is 9.59 Å². The summed E-state index contributed by atoms with van der Waals surface area (Å²) >= 11 is 0. The van der Waals surface area contributed by atoms with Crippen molar-refractivity contribution in [1.82, 2.24) is 0 Å². The van der Waals surface area contributed by atoms with Crippen LogP contribution in [-0.4, -0.2) is 39.7 Å². The molecule has 0 aromatic heterocycles. The Morgan fingerprint density at radius 2 is 1.63 bits per heavy atom. The molecule has 30 heavy (non-hydrogen) atoms. The molecule has 0 N–H and O–H groups in total. The van der Waals surface area contributed by atoms with Gasteiger partial charge in [0.2, 0.25) is 0 Å². The fourth-order valence-electron chi connectivity index (χ4n) is 3.80. The smallest absolute Gasteiger partial charge is 0.317 e. The maximum absolute atomic E-state index is 13.1. The maximum atomic E-state index is 13.1. The number of rotatable bonds is 7. The summed E-state index contributed by atoms with van der Waals surface area (Å²) in [5.74, 6) is -0.0265. The largest absolute Gasteiger partial charge is 0.497 e. The summed E-state index contributed by atoms with van der Waals surface area (Å²) in [4.78, 5) is 25.7. The Kier molecular flexibility index (Phi) is 6.77. The van der Waals surface area contributed by atoms with Gasteiger partial charge in [-0.2, -0.15) is 0 Å². The summed E-state index contributed by atoms with van der Waals surface area (Å²) in [5, 5.41) is 0. The van der Waals surface area contributed by atoms with Crippen molar-refractivity contribution in [2.75, 3.05) is 27.9 Å². The highest BCUT2D eigenvalue weighted by atomic mass is 16.5. The van der Waals surface area contributed by atoms with E-state index in [1.165, 1.54) is 6.08 Å². The van der Waals surface area contributed by atoms with Crippen molar-refractivity contribution in [1.29, 1.82) is 0 Å². The summed E-state index contributed by atoms with van der Waals surface area (Å²) in [6, 6.07) is 12.9. The summed E-state index contributed by atoms with van der Waals surface area (Å²) in [5.41, 5.74) is 2.48. The van der Waals surface area contributed by atoms with Crippen LogP contribution in [0.2, 0.25) is 0 Å². The number of methoxy groups -OCH3 is 3. The average Bonchev–Trinajstić information content (AvgIpc) is 2.78. The molecule has 0 aliphatic heterocycles. The predicted molar refractivity (Wildman–Crippen MR) is 113 cm³/mol. The van der Waals surface area contributed by atoms with Gasteiger partial charge in [0.15, 0.2) is 5.78 Å². The molecule has 0 heterocycles. The Bertz CT molecular complexity index is 945. The second-order valence-corrected chi connectivity index (χ2v) is 6.95. The van der Waals surface area contributed by atoms with E-state index in [4.69, 9.17) is 18.9 Å². The second-order valence-electron chi connectivity index (χ2n) is 6.95. The summed E-state index contributed by atoms with van der Waals surface area (Å²) < 4.78 is 21.2. The molecule has 2 atom stereocenters.